The number of halogens is 1. The van der Waals surface area contributed by atoms with Gasteiger partial charge in [-0.15, -0.1) is 0 Å². The van der Waals surface area contributed by atoms with Crippen molar-refractivity contribution in [2.75, 3.05) is 25.0 Å². The summed E-state index contributed by atoms with van der Waals surface area (Å²) in [6.45, 7) is 0.976. The summed E-state index contributed by atoms with van der Waals surface area (Å²) in [6.07, 6.45) is 1.74. The molecule has 2 aliphatic heterocycles. The summed E-state index contributed by atoms with van der Waals surface area (Å²) in [6, 6.07) is 24.7. The minimum atomic E-state index is -0.992. The number of amides is 2. The van der Waals surface area contributed by atoms with Crippen LogP contribution in [0.5, 0.6) is 0 Å². The summed E-state index contributed by atoms with van der Waals surface area (Å²) in [5, 5.41) is 4.88. The zero-order valence-corrected chi connectivity index (χ0v) is 19.0. The third-order valence-corrected chi connectivity index (χ3v) is 6.97. The Morgan fingerprint density at radius 2 is 1.76 bits per heavy atom. The lowest BCUT2D eigenvalue weighted by atomic mass is 9.90. The van der Waals surface area contributed by atoms with E-state index in [1.54, 1.807) is 23.2 Å². The first-order valence-electron chi connectivity index (χ1n) is 11.2. The van der Waals surface area contributed by atoms with Crippen molar-refractivity contribution in [3.05, 3.63) is 107 Å². The van der Waals surface area contributed by atoms with E-state index in [1.807, 2.05) is 71.6 Å². The minimum Gasteiger partial charge on any atom is -0.374 e. The zero-order valence-electron chi connectivity index (χ0n) is 18.2. The molecule has 2 aliphatic rings. The van der Waals surface area contributed by atoms with Crippen LogP contribution < -0.4 is 5.32 Å². The van der Waals surface area contributed by atoms with Gasteiger partial charge in [0.25, 0.3) is 5.91 Å². The van der Waals surface area contributed by atoms with Crippen LogP contribution in [0.3, 0.4) is 0 Å². The fraction of sp³-hybridized carbons (Fsp3) is 0.148. The molecular weight excluding hydrogens is 448 g/mol. The first kappa shape index (κ1) is 20.7. The normalized spacial score (nSPS) is 18.8. The quantitative estimate of drug-likeness (QED) is 0.479. The fourth-order valence-electron chi connectivity index (χ4n) is 5.30. The maximum atomic E-state index is 13.7. The number of nitrogens with zero attached hydrogens (tertiary/aromatic N) is 3. The molecule has 6 nitrogen and oxygen atoms in total. The first-order chi connectivity index (χ1) is 16.6. The van der Waals surface area contributed by atoms with Crippen LogP contribution in [-0.2, 0) is 10.5 Å². The molecular formula is C27H21ClN4O2. The largest absolute Gasteiger partial charge is 0.374 e. The van der Waals surface area contributed by atoms with E-state index in [0.29, 0.717) is 23.7 Å². The standard InChI is InChI=1S/C27H21ClN4O2/c28-20-12-10-19(11-13-20)27-22-8-2-1-7-21(22)26(34)32(27)16-15-31(27)24(33)17-30-23-9-3-5-18-6-4-14-29-25(18)23/h1-14,30H,15-17H2. The van der Waals surface area contributed by atoms with Crippen molar-refractivity contribution in [1.82, 2.24) is 14.8 Å². The molecule has 1 fully saturated rings. The van der Waals surface area contributed by atoms with Gasteiger partial charge in [-0.3, -0.25) is 14.6 Å². The van der Waals surface area contributed by atoms with E-state index in [0.717, 1.165) is 27.7 Å². The first-order valence-corrected chi connectivity index (χ1v) is 11.5. The molecule has 1 aromatic heterocycles. The third-order valence-electron chi connectivity index (χ3n) is 6.72. The maximum Gasteiger partial charge on any atom is 0.256 e. The van der Waals surface area contributed by atoms with Gasteiger partial charge < -0.3 is 15.1 Å². The van der Waals surface area contributed by atoms with Gasteiger partial charge in [-0.05, 0) is 30.3 Å². The molecule has 1 saturated heterocycles. The highest BCUT2D eigenvalue weighted by Gasteiger charge is 2.59. The molecule has 0 radical (unpaired) electrons. The molecule has 1 atom stereocenters. The van der Waals surface area contributed by atoms with Crippen molar-refractivity contribution in [3.8, 4) is 0 Å². The Bertz CT molecular complexity index is 1430. The van der Waals surface area contributed by atoms with Crippen LogP contribution in [0.1, 0.15) is 21.5 Å². The highest BCUT2D eigenvalue weighted by Crippen LogP contribution is 2.49. The molecule has 1 unspecified atom stereocenters. The number of carbonyl (C=O) groups excluding carboxylic acids is 2. The molecule has 0 bridgehead atoms. The van der Waals surface area contributed by atoms with Gasteiger partial charge >= 0.3 is 0 Å². The molecule has 7 heteroatoms. The predicted molar refractivity (Wildman–Crippen MR) is 132 cm³/mol. The number of benzene rings is 3. The molecule has 3 heterocycles. The monoisotopic (exact) mass is 468 g/mol. The molecule has 3 aromatic carbocycles. The fourth-order valence-corrected chi connectivity index (χ4v) is 5.42. The predicted octanol–water partition coefficient (Wildman–Crippen LogP) is 4.50. The Balaban J connectivity index is 1.40. The van der Waals surface area contributed by atoms with E-state index < -0.39 is 5.66 Å². The third kappa shape index (κ3) is 2.92. The van der Waals surface area contributed by atoms with Gasteiger partial charge in [0.1, 0.15) is 0 Å². The van der Waals surface area contributed by atoms with Gasteiger partial charge in [-0.2, -0.15) is 0 Å². The number of nitrogens with one attached hydrogen (secondary N) is 1. The van der Waals surface area contributed by atoms with Crippen LogP contribution >= 0.6 is 11.6 Å². The Morgan fingerprint density at radius 1 is 0.971 bits per heavy atom. The number of rotatable bonds is 4. The van der Waals surface area contributed by atoms with E-state index in [-0.39, 0.29) is 18.4 Å². The zero-order chi connectivity index (χ0) is 23.3. The van der Waals surface area contributed by atoms with Crippen molar-refractivity contribution in [3.63, 3.8) is 0 Å². The molecule has 0 spiro atoms. The Kier molecular flexibility index (Phi) is 4.78. The molecule has 168 valence electrons. The second-order valence-electron chi connectivity index (χ2n) is 8.46. The van der Waals surface area contributed by atoms with E-state index in [9.17, 15) is 9.59 Å². The van der Waals surface area contributed by atoms with Gasteiger partial charge in [-0.25, -0.2) is 0 Å². The summed E-state index contributed by atoms with van der Waals surface area (Å²) in [5.41, 5.74) is 2.91. The molecule has 4 aromatic rings. The van der Waals surface area contributed by atoms with Crippen molar-refractivity contribution in [2.24, 2.45) is 0 Å². The lowest BCUT2D eigenvalue weighted by Crippen LogP contribution is -2.52. The molecule has 0 saturated carbocycles. The SMILES string of the molecule is O=C(CNc1cccc2cccnc12)N1CCN2C(=O)c3ccccc3C12c1ccc(Cl)cc1. The van der Waals surface area contributed by atoms with Gasteiger partial charge in [0, 0.05) is 46.4 Å². The van der Waals surface area contributed by atoms with Gasteiger partial charge in [0.2, 0.25) is 5.91 Å². The Hall–Kier alpha value is -3.90. The average molecular weight is 469 g/mol. The number of fused-ring (bicyclic) bond motifs is 4. The van der Waals surface area contributed by atoms with Crippen molar-refractivity contribution < 1.29 is 9.59 Å². The van der Waals surface area contributed by atoms with Crippen LogP contribution in [0.4, 0.5) is 5.69 Å². The average Bonchev–Trinajstić information content (AvgIpc) is 3.38. The van der Waals surface area contributed by atoms with Gasteiger partial charge in [0.15, 0.2) is 5.66 Å². The summed E-state index contributed by atoms with van der Waals surface area (Å²) in [4.78, 5) is 35.2. The van der Waals surface area contributed by atoms with Crippen LogP contribution in [0.15, 0.2) is 85.1 Å². The van der Waals surface area contributed by atoms with Crippen LogP contribution in [0.2, 0.25) is 5.02 Å². The number of hydrogen-bond acceptors (Lipinski definition) is 4. The lowest BCUT2D eigenvalue weighted by molar-refractivity contribution is -0.134. The Labute approximate surface area is 201 Å². The number of carbonyl (C=O) groups is 2. The van der Waals surface area contributed by atoms with Crippen molar-refractivity contribution in [2.45, 2.75) is 5.66 Å². The van der Waals surface area contributed by atoms with E-state index in [2.05, 4.69) is 10.3 Å². The number of hydrogen-bond donors (Lipinski definition) is 1. The molecule has 34 heavy (non-hydrogen) atoms. The number of pyridine rings is 1. The summed E-state index contributed by atoms with van der Waals surface area (Å²) in [5.74, 6) is -0.165. The van der Waals surface area contributed by atoms with Crippen LogP contribution in [-0.4, -0.2) is 46.2 Å². The topological polar surface area (TPSA) is 65.5 Å². The van der Waals surface area contributed by atoms with E-state index >= 15 is 0 Å². The molecule has 2 amide bonds. The van der Waals surface area contributed by atoms with E-state index in [4.69, 9.17) is 11.6 Å². The highest BCUT2D eigenvalue weighted by molar-refractivity contribution is 6.30. The number of para-hydroxylation sites is 1. The molecule has 6 rings (SSSR count). The second-order valence-corrected chi connectivity index (χ2v) is 8.90. The van der Waals surface area contributed by atoms with Gasteiger partial charge in [0.05, 0.1) is 17.7 Å². The lowest BCUT2D eigenvalue weighted by Gasteiger charge is -2.40. The summed E-state index contributed by atoms with van der Waals surface area (Å²) < 4.78 is 0. The minimum absolute atomic E-state index is 0.0629. The summed E-state index contributed by atoms with van der Waals surface area (Å²) >= 11 is 6.18. The van der Waals surface area contributed by atoms with Crippen molar-refractivity contribution in [1.29, 1.82) is 0 Å². The number of aromatic nitrogens is 1. The second kappa shape index (κ2) is 7.85. The summed E-state index contributed by atoms with van der Waals surface area (Å²) in [7, 11) is 0. The van der Waals surface area contributed by atoms with E-state index in [1.165, 1.54) is 0 Å². The Morgan fingerprint density at radius 3 is 2.62 bits per heavy atom. The smallest absolute Gasteiger partial charge is 0.256 e. The molecule has 1 N–H and O–H groups in total. The molecule has 0 aliphatic carbocycles. The van der Waals surface area contributed by atoms with Gasteiger partial charge in [-0.1, -0.05) is 60.1 Å². The van der Waals surface area contributed by atoms with Crippen LogP contribution in [0.25, 0.3) is 10.9 Å². The maximum absolute atomic E-state index is 13.7. The van der Waals surface area contributed by atoms with Crippen LogP contribution in [0, 0.1) is 0 Å². The number of anilines is 1. The van der Waals surface area contributed by atoms with Crippen molar-refractivity contribution >= 4 is 40.0 Å². The highest BCUT2D eigenvalue weighted by atomic mass is 35.5.